The molecule has 1 aliphatic rings. The van der Waals surface area contributed by atoms with Gasteiger partial charge in [0, 0.05) is 6.20 Å². The van der Waals surface area contributed by atoms with Gasteiger partial charge in [0.1, 0.15) is 11.2 Å². The summed E-state index contributed by atoms with van der Waals surface area (Å²) in [5.41, 5.74) is 5.40. The Balaban J connectivity index is 2.35. The molecule has 0 unspecified atom stereocenters. The molecule has 0 amide bonds. The third-order valence-electron chi connectivity index (χ3n) is 2.64. The van der Waals surface area contributed by atoms with Gasteiger partial charge in [-0.15, -0.1) is 11.8 Å². The van der Waals surface area contributed by atoms with Gasteiger partial charge in [-0.05, 0) is 11.6 Å². The van der Waals surface area contributed by atoms with E-state index < -0.39 is 17.2 Å². The molecule has 1 aromatic rings. The number of hydrogen-bond acceptors (Lipinski definition) is 6. The van der Waals surface area contributed by atoms with Gasteiger partial charge in [-0.2, -0.15) is 4.98 Å². The van der Waals surface area contributed by atoms with Gasteiger partial charge in [0.2, 0.25) is 0 Å². The molecule has 3 atom stereocenters. The third kappa shape index (κ3) is 2.08. The van der Waals surface area contributed by atoms with Gasteiger partial charge in [0.25, 0.3) is 0 Å². The van der Waals surface area contributed by atoms with Crippen molar-refractivity contribution in [2.24, 2.45) is 0 Å². The van der Waals surface area contributed by atoms with Crippen LogP contribution in [0, 0.1) is 0 Å². The lowest BCUT2D eigenvalue weighted by molar-refractivity contribution is 0.172. The molecule has 17 heavy (non-hydrogen) atoms. The van der Waals surface area contributed by atoms with E-state index in [9.17, 15) is 9.90 Å². The van der Waals surface area contributed by atoms with E-state index in [2.05, 4.69) is 11.6 Å². The van der Waals surface area contributed by atoms with Crippen LogP contribution in [0.4, 0.5) is 5.82 Å². The van der Waals surface area contributed by atoms with Crippen molar-refractivity contribution in [1.82, 2.24) is 9.55 Å². The second kappa shape index (κ2) is 4.52. The van der Waals surface area contributed by atoms with Gasteiger partial charge in [-0.3, -0.25) is 4.57 Å². The molecule has 1 aromatic heterocycles. The van der Waals surface area contributed by atoms with Crippen LogP contribution in [0.1, 0.15) is 5.37 Å². The fraction of sp³-hybridized carbons (Fsp3) is 0.400. The Labute approximate surface area is 102 Å². The molecule has 0 radical (unpaired) electrons. The lowest BCUT2D eigenvalue weighted by Crippen LogP contribution is -2.26. The molecule has 0 aromatic carbocycles. The number of aliphatic hydroxyl groups excluding tert-OH is 2. The molecule has 1 fully saturated rings. The molecule has 1 saturated heterocycles. The van der Waals surface area contributed by atoms with E-state index >= 15 is 0 Å². The van der Waals surface area contributed by atoms with Crippen LogP contribution in [0.15, 0.2) is 29.2 Å². The fourth-order valence-corrected chi connectivity index (χ4v) is 3.05. The largest absolute Gasteiger partial charge is 0.395 e. The van der Waals surface area contributed by atoms with Gasteiger partial charge < -0.3 is 15.9 Å². The predicted molar refractivity (Wildman–Crippen MR) is 65.6 cm³/mol. The minimum absolute atomic E-state index is 0.152. The minimum atomic E-state index is -0.820. The van der Waals surface area contributed by atoms with Crippen molar-refractivity contribution < 1.29 is 10.2 Å². The maximum Gasteiger partial charge on any atom is 0.350 e. The quantitative estimate of drug-likeness (QED) is 0.607. The summed E-state index contributed by atoms with van der Waals surface area (Å²) in [6.45, 7) is 3.59. The van der Waals surface area contributed by atoms with E-state index in [1.54, 1.807) is 0 Å². The van der Waals surface area contributed by atoms with Crippen LogP contribution in [0.2, 0.25) is 0 Å². The Hall–Kier alpha value is -1.31. The number of hydrogen-bond donors (Lipinski definition) is 3. The third-order valence-corrected chi connectivity index (χ3v) is 4.18. The second-order valence-corrected chi connectivity index (χ2v) is 5.10. The van der Waals surface area contributed by atoms with Crippen LogP contribution in [0.25, 0.3) is 0 Å². The summed E-state index contributed by atoms with van der Waals surface area (Å²) < 4.78 is 1.35. The summed E-state index contributed by atoms with van der Waals surface area (Å²) in [6, 6.07) is 1.51. The first-order valence-corrected chi connectivity index (χ1v) is 5.96. The number of nitrogen functional groups attached to an aromatic ring is 1. The van der Waals surface area contributed by atoms with E-state index in [1.165, 1.54) is 28.6 Å². The van der Waals surface area contributed by atoms with Crippen molar-refractivity contribution in [3.63, 3.8) is 0 Å². The number of rotatable bonds is 2. The number of nitrogens with zero attached hydrogens (tertiary/aromatic N) is 2. The SMILES string of the molecule is C=C1[C@@H](O)[C@H](CO)S[C@H]1n1ccc(N)nc1=O. The molecular formula is C10H13N3O3S. The molecule has 2 heterocycles. The van der Waals surface area contributed by atoms with Crippen molar-refractivity contribution in [3.05, 3.63) is 34.9 Å². The molecule has 92 valence electrons. The van der Waals surface area contributed by atoms with E-state index in [1.807, 2.05) is 0 Å². The molecular weight excluding hydrogens is 242 g/mol. The maximum absolute atomic E-state index is 11.6. The summed E-state index contributed by atoms with van der Waals surface area (Å²) in [5, 5.41) is 18.1. The van der Waals surface area contributed by atoms with Crippen molar-refractivity contribution in [2.45, 2.75) is 16.7 Å². The van der Waals surface area contributed by atoms with E-state index in [4.69, 9.17) is 10.8 Å². The average molecular weight is 255 g/mol. The summed E-state index contributed by atoms with van der Waals surface area (Å²) in [5.74, 6) is 0.152. The topological polar surface area (TPSA) is 101 Å². The highest BCUT2D eigenvalue weighted by molar-refractivity contribution is 8.00. The van der Waals surface area contributed by atoms with Crippen LogP contribution < -0.4 is 11.4 Å². The predicted octanol–water partition coefficient (Wildman–Crippen LogP) is -0.651. The standard InChI is InChI=1S/C10H13N3O3S/c1-5-8(15)6(4-14)17-9(5)13-3-2-7(11)12-10(13)16/h2-3,6,8-9,14-15H,1,4H2,(H2,11,12,16)/t6-,8+,9+/m0/s1. The number of nitrogens with two attached hydrogens (primary N) is 1. The highest BCUT2D eigenvalue weighted by Crippen LogP contribution is 2.43. The maximum atomic E-state index is 11.6. The highest BCUT2D eigenvalue weighted by Gasteiger charge is 2.38. The average Bonchev–Trinajstić information content (AvgIpc) is 2.57. The fourth-order valence-electron chi connectivity index (χ4n) is 1.70. The molecule has 6 nitrogen and oxygen atoms in total. The van der Waals surface area contributed by atoms with Crippen LogP contribution in [-0.4, -0.2) is 37.7 Å². The van der Waals surface area contributed by atoms with Crippen LogP contribution in [-0.2, 0) is 0 Å². The number of aromatic nitrogens is 2. The van der Waals surface area contributed by atoms with E-state index in [0.717, 1.165) is 0 Å². The van der Waals surface area contributed by atoms with Gasteiger partial charge in [0.15, 0.2) is 0 Å². The molecule has 2 rings (SSSR count). The first-order valence-electron chi connectivity index (χ1n) is 5.02. The lowest BCUT2D eigenvalue weighted by Gasteiger charge is -2.13. The molecule has 0 spiro atoms. The van der Waals surface area contributed by atoms with Gasteiger partial charge in [-0.1, -0.05) is 6.58 Å². The Bertz CT molecular complexity index is 502. The summed E-state index contributed by atoms with van der Waals surface area (Å²) >= 11 is 1.28. The molecule has 0 bridgehead atoms. The van der Waals surface area contributed by atoms with Crippen molar-refractivity contribution in [2.75, 3.05) is 12.3 Å². The summed E-state index contributed by atoms with van der Waals surface area (Å²) in [7, 11) is 0. The number of anilines is 1. The normalized spacial score (nSPS) is 28.6. The Kier molecular flexibility index (Phi) is 3.23. The highest BCUT2D eigenvalue weighted by atomic mass is 32.2. The Morgan fingerprint density at radius 1 is 1.65 bits per heavy atom. The van der Waals surface area contributed by atoms with Crippen LogP contribution >= 0.6 is 11.8 Å². The first-order chi connectivity index (χ1) is 8.04. The Morgan fingerprint density at radius 3 is 2.88 bits per heavy atom. The van der Waals surface area contributed by atoms with Gasteiger partial charge >= 0.3 is 5.69 Å². The van der Waals surface area contributed by atoms with Gasteiger partial charge in [0.05, 0.1) is 18.0 Å². The van der Waals surface area contributed by atoms with E-state index in [-0.39, 0.29) is 17.7 Å². The molecule has 0 saturated carbocycles. The molecule has 4 N–H and O–H groups in total. The zero-order chi connectivity index (χ0) is 12.6. The van der Waals surface area contributed by atoms with Crippen molar-refractivity contribution in [1.29, 1.82) is 0 Å². The van der Waals surface area contributed by atoms with Crippen molar-refractivity contribution in [3.8, 4) is 0 Å². The van der Waals surface area contributed by atoms with Gasteiger partial charge in [-0.25, -0.2) is 4.79 Å². The summed E-state index contributed by atoms with van der Waals surface area (Å²) in [4.78, 5) is 15.3. The lowest BCUT2D eigenvalue weighted by atomic mass is 10.1. The van der Waals surface area contributed by atoms with E-state index in [0.29, 0.717) is 5.57 Å². The zero-order valence-electron chi connectivity index (χ0n) is 8.98. The molecule has 7 heteroatoms. The number of aliphatic hydroxyl groups is 2. The smallest absolute Gasteiger partial charge is 0.350 e. The molecule has 0 aliphatic carbocycles. The minimum Gasteiger partial charge on any atom is -0.395 e. The zero-order valence-corrected chi connectivity index (χ0v) is 9.80. The summed E-state index contributed by atoms with van der Waals surface area (Å²) in [6.07, 6.45) is 0.694. The second-order valence-electron chi connectivity index (χ2n) is 3.77. The monoisotopic (exact) mass is 255 g/mol. The first kappa shape index (κ1) is 12.2. The molecule has 1 aliphatic heterocycles. The van der Waals surface area contributed by atoms with Crippen LogP contribution in [0.3, 0.4) is 0 Å². The number of thioether (sulfide) groups is 1. The van der Waals surface area contributed by atoms with Crippen LogP contribution in [0.5, 0.6) is 0 Å². The Morgan fingerprint density at radius 2 is 2.35 bits per heavy atom. The van der Waals surface area contributed by atoms with Crippen molar-refractivity contribution >= 4 is 17.6 Å².